The molecule has 4 aliphatic rings. The lowest BCUT2D eigenvalue weighted by Gasteiger charge is -2.57. The number of carbonyl (C=O) groups excluding carboxylic acids is 1. The van der Waals surface area contributed by atoms with Gasteiger partial charge in [0, 0.05) is 45.5 Å². The Morgan fingerprint density at radius 1 is 1.27 bits per heavy atom. The first-order chi connectivity index (χ1) is 12.5. The zero-order valence-electron chi connectivity index (χ0n) is 16.4. The number of carbonyl (C=O) groups is 1. The van der Waals surface area contributed by atoms with Crippen LogP contribution in [0.5, 0.6) is 0 Å². The summed E-state index contributed by atoms with van der Waals surface area (Å²) in [6.07, 6.45) is 9.79. The molecule has 5 rings (SSSR count). The highest BCUT2D eigenvalue weighted by molar-refractivity contribution is 5.93. The van der Waals surface area contributed by atoms with Crippen molar-refractivity contribution in [3.8, 4) is 0 Å². The molecule has 0 unspecified atom stereocenters. The summed E-state index contributed by atoms with van der Waals surface area (Å²) in [7, 11) is 0. The van der Waals surface area contributed by atoms with Crippen molar-refractivity contribution in [2.45, 2.75) is 46.6 Å². The predicted octanol–water partition coefficient (Wildman–Crippen LogP) is 3.04. The summed E-state index contributed by atoms with van der Waals surface area (Å²) in [6.45, 7) is 12.5. The Morgan fingerprint density at radius 3 is 2.81 bits per heavy atom. The zero-order chi connectivity index (χ0) is 18.3. The highest BCUT2D eigenvalue weighted by Crippen LogP contribution is 2.59. The van der Waals surface area contributed by atoms with Crippen molar-refractivity contribution < 1.29 is 4.79 Å². The molecular weight excluding hydrogens is 324 g/mol. The van der Waals surface area contributed by atoms with Crippen LogP contribution in [0.2, 0.25) is 0 Å². The highest BCUT2D eigenvalue weighted by atomic mass is 16.2. The van der Waals surface area contributed by atoms with E-state index in [4.69, 9.17) is 0 Å². The molecule has 142 valence electrons. The maximum Gasteiger partial charge on any atom is 0.257 e. The van der Waals surface area contributed by atoms with Crippen LogP contribution >= 0.6 is 0 Å². The highest BCUT2D eigenvalue weighted by Gasteiger charge is 2.51. The standard InChI is InChI=1S/C21H32N4O/c1-4-25-15-17(13-22-25)20(26)24-9-5-8-23(10-11-24)14-16-6-7-18-12-19(16)21(18,2)3/h6,13,15,18-19H,4-5,7-12,14H2,1-3H3/t18-,19-/m0/s1. The minimum absolute atomic E-state index is 0.131. The van der Waals surface area contributed by atoms with Gasteiger partial charge in [0.1, 0.15) is 0 Å². The van der Waals surface area contributed by atoms with Crippen LogP contribution in [0.4, 0.5) is 0 Å². The monoisotopic (exact) mass is 356 g/mol. The summed E-state index contributed by atoms with van der Waals surface area (Å²) in [4.78, 5) is 17.3. The lowest BCUT2D eigenvalue weighted by Crippen LogP contribution is -2.50. The third-order valence-corrected chi connectivity index (χ3v) is 7.07. The van der Waals surface area contributed by atoms with Gasteiger partial charge in [0.2, 0.25) is 0 Å². The Kier molecular flexibility index (Phi) is 4.68. The molecule has 1 saturated carbocycles. The summed E-state index contributed by atoms with van der Waals surface area (Å²) in [5.41, 5.74) is 2.87. The molecule has 0 N–H and O–H groups in total. The molecule has 0 radical (unpaired) electrons. The third-order valence-electron chi connectivity index (χ3n) is 7.07. The molecule has 5 nitrogen and oxygen atoms in total. The van der Waals surface area contributed by atoms with Crippen LogP contribution in [0, 0.1) is 17.3 Å². The van der Waals surface area contributed by atoms with E-state index in [9.17, 15) is 4.79 Å². The van der Waals surface area contributed by atoms with Crippen molar-refractivity contribution in [3.05, 3.63) is 29.6 Å². The molecule has 1 saturated heterocycles. The van der Waals surface area contributed by atoms with Crippen LogP contribution in [-0.4, -0.2) is 58.2 Å². The summed E-state index contributed by atoms with van der Waals surface area (Å²) in [6, 6.07) is 0. The average molecular weight is 357 g/mol. The number of nitrogens with zero attached hydrogens (tertiary/aromatic N) is 4. The Morgan fingerprint density at radius 2 is 2.12 bits per heavy atom. The molecule has 2 atom stereocenters. The smallest absolute Gasteiger partial charge is 0.257 e. The Bertz CT molecular complexity index is 705. The van der Waals surface area contributed by atoms with Crippen molar-refractivity contribution >= 4 is 5.91 Å². The van der Waals surface area contributed by atoms with Crippen LogP contribution in [0.15, 0.2) is 24.0 Å². The van der Waals surface area contributed by atoms with E-state index >= 15 is 0 Å². The van der Waals surface area contributed by atoms with Gasteiger partial charge in [-0.05, 0) is 43.4 Å². The minimum atomic E-state index is 0.131. The third kappa shape index (κ3) is 3.11. The fourth-order valence-electron chi connectivity index (χ4n) is 5.08. The lowest BCUT2D eigenvalue weighted by molar-refractivity contribution is -0.0105. The number of aryl methyl sites for hydroxylation is 1. The van der Waals surface area contributed by atoms with Gasteiger partial charge in [-0.3, -0.25) is 14.4 Å². The molecule has 1 aliphatic heterocycles. The molecule has 26 heavy (non-hydrogen) atoms. The van der Waals surface area contributed by atoms with Crippen LogP contribution in [0.1, 0.15) is 50.4 Å². The molecule has 3 aliphatic carbocycles. The number of aromatic nitrogens is 2. The van der Waals surface area contributed by atoms with E-state index in [1.54, 1.807) is 11.8 Å². The summed E-state index contributed by atoms with van der Waals surface area (Å²) in [5.74, 6) is 1.81. The lowest BCUT2D eigenvalue weighted by atomic mass is 9.49. The van der Waals surface area contributed by atoms with Crippen molar-refractivity contribution in [2.24, 2.45) is 17.3 Å². The summed E-state index contributed by atoms with van der Waals surface area (Å²) < 4.78 is 1.82. The van der Waals surface area contributed by atoms with Gasteiger partial charge in [-0.25, -0.2) is 0 Å². The molecule has 1 aromatic heterocycles. The first kappa shape index (κ1) is 17.8. The molecule has 1 amide bonds. The van der Waals surface area contributed by atoms with E-state index in [0.717, 1.165) is 63.1 Å². The number of hydrogen-bond donors (Lipinski definition) is 0. The van der Waals surface area contributed by atoms with Gasteiger partial charge in [0.05, 0.1) is 11.8 Å². The fraction of sp³-hybridized carbons (Fsp3) is 0.714. The number of rotatable bonds is 4. The molecular formula is C21H32N4O. The first-order valence-electron chi connectivity index (χ1n) is 10.2. The SMILES string of the molecule is CCn1cc(C(=O)N2CCCN(CC3=CC[C@H]4C[C@@H]3C4(C)C)CC2)cn1. The van der Waals surface area contributed by atoms with E-state index in [1.165, 1.54) is 12.8 Å². The van der Waals surface area contributed by atoms with Crippen molar-refractivity contribution in [1.29, 1.82) is 0 Å². The predicted molar refractivity (Wildman–Crippen MR) is 103 cm³/mol. The maximum atomic E-state index is 12.8. The zero-order valence-corrected chi connectivity index (χ0v) is 16.4. The Labute approximate surface area is 157 Å². The van der Waals surface area contributed by atoms with Gasteiger partial charge in [-0.1, -0.05) is 25.5 Å². The van der Waals surface area contributed by atoms with Crippen LogP contribution in [0.3, 0.4) is 0 Å². The molecule has 2 heterocycles. The molecule has 2 fully saturated rings. The van der Waals surface area contributed by atoms with Gasteiger partial charge < -0.3 is 4.90 Å². The van der Waals surface area contributed by atoms with E-state index in [1.807, 2.05) is 22.7 Å². The number of allylic oxidation sites excluding steroid dienone is 1. The fourth-order valence-corrected chi connectivity index (χ4v) is 5.08. The molecule has 0 aromatic carbocycles. The Hall–Kier alpha value is -1.62. The number of fused-ring (bicyclic) bond motifs is 1. The summed E-state index contributed by atoms with van der Waals surface area (Å²) >= 11 is 0. The maximum absolute atomic E-state index is 12.8. The molecule has 2 bridgehead atoms. The average Bonchev–Trinajstić information content (AvgIpc) is 3.01. The normalized spacial score (nSPS) is 28.3. The second kappa shape index (κ2) is 6.84. The van der Waals surface area contributed by atoms with E-state index in [0.29, 0.717) is 5.41 Å². The van der Waals surface area contributed by atoms with Crippen LogP contribution in [0.25, 0.3) is 0 Å². The van der Waals surface area contributed by atoms with Crippen LogP contribution < -0.4 is 0 Å². The largest absolute Gasteiger partial charge is 0.337 e. The van der Waals surface area contributed by atoms with Crippen LogP contribution in [-0.2, 0) is 6.54 Å². The summed E-state index contributed by atoms with van der Waals surface area (Å²) in [5, 5.41) is 4.24. The quantitative estimate of drug-likeness (QED) is 0.779. The number of hydrogen-bond acceptors (Lipinski definition) is 3. The van der Waals surface area contributed by atoms with Gasteiger partial charge in [0.25, 0.3) is 5.91 Å². The molecule has 5 heteroatoms. The van der Waals surface area contributed by atoms with Gasteiger partial charge in [-0.15, -0.1) is 0 Å². The topological polar surface area (TPSA) is 41.4 Å². The van der Waals surface area contributed by atoms with Gasteiger partial charge in [0.15, 0.2) is 0 Å². The van der Waals surface area contributed by atoms with Crippen molar-refractivity contribution in [2.75, 3.05) is 32.7 Å². The Balaban J connectivity index is 1.35. The van der Waals surface area contributed by atoms with Gasteiger partial charge in [-0.2, -0.15) is 5.10 Å². The van der Waals surface area contributed by atoms with E-state index < -0.39 is 0 Å². The van der Waals surface area contributed by atoms with Crippen molar-refractivity contribution in [1.82, 2.24) is 19.6 Å². The van der Waals surface area contributed by atoms with E-state index in [-0.39, 0.29) is 5.91 Å². The second-order valence-electron chi connectivity index (χ2n) is 8.83. The first-order valence-corrected chi connectivity index (χ1v) is 10.2. The minimum Gasteiger partial charge on any atom is -0.337 e. The van der Waals surface area contributed by atoms with E-state index in [2.05, 4.69) is 29.9 Å². The van der Waals surface area contributed by atoms with Gasteiger partial charge >= 0.3 is 0 Å². The molecule has 1 aromatic rings. The second-order valence-corrected chi connectivity index (χ2v) is 8.83. The van der Waals surface area contributed by atoms with Crippen molar-refractivity contribution in [3.63, 3.8) is 0 Å². The molecule has 0 spiro atoms. The number of amides is 1.